The molecule has 0 saturated carbocycles. The van der Waals surface area contributed by atoms with E-state index in [-0.39, 0.29) is 11.8 Å². The van der Waals surface area contributed by atoms with Gasteiger partial charge < -0.3 is 15.1 Å². The topological polar surface area (TPSA) is 35.6 Å². The van der Waals surface area contributed by atoms with E-state index in [1.807, 2.05) is 13.8 Å². The summed E-state index contributed by atoms with van der Waals surface area (Å²) in [4.78, 5) is 16.3. The maximum Gasteiger partial charge on any atom is 0.222 e. The van der Waals surface area contributed by atoms with Gasteiger partial charge in [-0.3, -0.25) is 4.79 Å². The molecule has 1 aliphatic rings. The minimum Gasteiger partial charge on any atom is -0.356 e. The monoisotopic (exact) mass is 255 g/mol. The molecule has 0 aromatic heterocycles. The van der Waals surface area contributed by atoms with Crippen LogP contribution in [0.5, 0.6) is 0 Å². The second kappa shape index (κ2) is 8.48. The molecule has 1 aliphatic heterocycles. The lowest BCUT2D eigenvalue weighted by Crippen LogP contribution is -2.31. The van der Waals surface area contributed by atoms with E-state index in [0.717, 1.165) is 13.0 Å². The molecule has 1 N–H and O–H groups in total. The predicted molar refractivity (Wildman–Crippen MR) is 75.6 cm³/mol. The summed E-state index contributed by atoms with van der Waals surface area (Å²) in [5, 5.41) is 2.97. The number of nitrogens with one attached hydrogen (secondary N) is 1. The maximum atomic E-state index is 11.4. The maximum absolute atomic E-state index is 11.4. The fourth-order valence-electron chi connectivity index (χ4n) is 2.20. The van der Waals surface area contributed by atoms with E-state index < -0.39 is 0 Å². The molecule has 1 rings (SSSR count). The van der Waals surface area contributed by atoms with Crippen LogP contribution in [-0.4, -0.2) is 62.0 Å². The normalized spacial score (nSPS) is 18.9. The molecule has 1 amide bonds. The van der Waals surface area contributed by atoms with E-state index in [2.05, 4.69) is 22.2 Å². The van der Waals surface area contributed by atoms with Gasteiger partial charge in [-0.25, -0.2) is 0 Å². The Morgan fingerprint density at radius 3 is 2.67 bits per heavy atom. The molecule has 4 nitrogen and oxygen atoms in total. The fraction of sp³-hybridized carbons (Fsp3) is 0.929. The Morgan fingerprint density at radius 2 is 1.94 bits per heavy atom. The summed E-state index contributed by atoms with van der Waals surface area (Å²) in [5.41, 5.74) is 0. The highest BCUT2D eigenvalue weighted by atomic mass is 16.1. The van der Waals surface area contributed by atoms with Gasteiger partial charge in [-0.1, -0.05) is 13.8 Å². The van der Waals surface area contributed by atoms with Crippen molar-refractivity contribution in [2.75, 3.05) is 46.3 Å². The molecule has 0 unspecified atom stereocenters. The van der Waals surface area contributed by atoms with Crippen LogP contribution in [0.1, 0.15) is 33.1 Å². The van der Waals surface area contributed by atoms with Gasteiger partial charge in [0.2, 0.25) is 5.91 Å². The largest absolute Gasteiger partial charge is 0.356 e. The summed E-state index contributed by atoms with van der Waals surface area (Å²) in [6.07, 6.45) is 3.55. The molecule has 0 aromatic rings. The molecule has 1 fully saturated rings. The second-order valence-corrected chi connectivity index (χ2v) is 5.65. The SMILES string of the molecule is CC(C)C(=O)NCCCCN1CCCN(C)CC1. The molecular formula is C14H29N3O. The van der Waals surface area contributed by atoms with Gasteiger partial charge in [0.15, 0.2) is 0 Å². The van der Waals surface area contributed by atoms with E-state index in [1.165, 1.54) is 45.6 Å². The molecule has 1 saturated heterocycles. The van der Waals surface area contributed by atoms with Crippen molar-refractivity contribution in [3.8, 4) is 0 Å². The molecule has 0 spiro atoms. The quantitative estimate of drug-likeness (QED) is 0.724. The number of rotatable bonds is 6. The van der Waals surface area contributed by atoms with Crippen LogP contribution in [0.2, 0.25) is 0 Å². The lowest BCUT2D eigenvalue weighted by molar-refractivity contribution is -0.123. The fourth-order valence-corrected chi connectivity index (χ4v) is 2.20. The molecule has 0 atom stereocenters. The van der Waals surface area contributed by atoms with Crippen LogP contribution >= 0.6 is 0 Å². The average molecular weight is 255 g/mol. The Morgan fingerprint density at radius 1 is 1.17 bits per heavy atom. The Hall–Kier alpha value is -0.610. The van der Waals surface area contributed by atoms with Crippen molar-refractivity contribution in [3.63, 3.8) is 0 Å². The van der Waals surface area contributed by atoms with Gasteiger partial charge >= 0.3 is 0 Å². The highest BCUT2D eigenvalue weighted by molar-refractivity contribution is 5.77. The van der Waals surface area contributed by atoms with Crippen molar-refractivity contribution in [2.45, 2.75) is 33.1 Å². The number of nitrogens with zero attached hydrogens (tertiary/aromatic N) is 2. The third-order valence-corrected chi connectivity index (χ3v) is 3.54. The summed E-state index contributed by atoms with van der Waals surface area (Å²) in [6.45, 7) is 10.7. The van der Waals surface area contributed by atoms with E-state index in [4.69, 9.17) is 0 Å². The molecule has 0 radical (unpaired) electrons. The van der Waals surface area contributed by atoms with Crippen molar-refractivity contribution in [3.05, 3.63) is 0 Å². The Labute approximate surface area is 112 Å². The standard InChI is InChI=1S/C14H29N3O/c1-13(2)14(18)15-7-4-5-9-17-10-6-8-16(3)11-12-17/h13H,4-12H2,1-3H3,(H,15,18). The lowest BCUT2D eigenvalue weighted by atomic mass is 10.2. The van der Waals surface area contributed by atoms with Crippen molar-refractivity contribution in [1.29, 1.82) is 0 Å². The summed E-state index contributed by atoms with van der Waals surface area (Å²) >= 11 is 0. The Balaban J connectivity index is 2.02. The Kier molecular flexibility index (Phi) is 7.28. The van der Waals surface area contributed by atoms with Crippen LogP contribution in [0.3, 0.4) is 0 Å². The lowest BCUT2D eigenvalue weighted by Gasteiger charge is -2.19. The van der Waals surface area contributed by atoms with Crippen LogP contribution in [0.15, 0.2) is 0 Å². The van der Waals surface area contributed by atoms with Crippen LogP contribution in [0.25, 0.3) is 0 Å². The zero-order valence-corrected chi connectivity index (χ0v) is 12.2. The van der Waals surface area contributed by atoms with Crippen LogP contribution < -0.4 is 5.32 Å². The predicted octanol–water partition coefficient (Wildman–Crippen LogP) is 1.18. The number of amides is 1. The van der Waals surface area contributed by atoms with Gasteiger partial charge in [0, 0.05) is 25.6 Å². The molecule has 0 bridgehead atoms. The van der Waals surface area contributed by atoms with E-state index >= 15 is 0 Å². The van der Waals surface area contributed by atoms with E-state index in [1.54, 1.807) is 0 Å². The second-order valence-electron chi connectivity index (χ2n) is 5.65. The van der Waals surface area contributed by atoms with Gasteiger partial charge in [0.25, 0.3) is 0 Å². The number of carbonyl (C=O) groups is 1. The zero-order chi connectivity index (χ0) is 13.4. The molecule has 0 aliphatic carbocycles. The molecule has 4 heteroatoms. The third-order valence-electron chi connectivity index (χ3n) is 3.54. The van der Waals surface area contributed by atoms with Crippen molar-refractivity contribution in [2.24, 2.45) is 5.92 Å². The third kappa shape index (κ3) is 6.36. The highest BCUT2D eigenvalue weighted by Crippen LogP contribution is 2.02. The van der Waals surface area contributed by atoms with Crippen molar-refractivity contribution in [1.82, 2.24) is 15.1 Å². The van der Waals surface area contributed by atoms with Crippen molar-refractivity contribution >= 4 is 5.91 Å². The molecule has 1 heterocycles. The first-order chi connectivity index (χ1) is 8.59. The van der Waals surface area contributed by atoms with Crippen LogP contribution in [0, 0.1) is 5.92 Å². The highest BCUT2D eigenvalue weighted by Gasteiger charge is 2.11. The number of carbonyl (C=O) groups excluding carboxylic acids is 1. The summed E-state index contributed by atoms with van der Waals surface area (Å²) in [7, 11) is 2.20. The Bertz CT molecular complexity index is 243. The van der Waals surface area contributed by atoms with Crippen LogP contribution in [-0.2, 0) is 4.79 Å². The average Bonchev–Trinajstić information content (AvgIpc) is 2.53. The first-order valence-electron chi connectivity index (χ1n) is 7.28. The molecule has 106 valence electrons. The number of hydrogen-bond donors (Lipinski definition) is 1. The molecule has 18 heavy (non-hydrogen) atoms. The van der Waals surface area contributed by atoms with Crippen molar-refractivity contribution < 1.29 is 4.79 Å². The first-order valence-corrected chi connectivity index (χ1v) is 7.28. The smallest absolute Gasteiger partial charge is 0.222 e. The summed E-state index contributed by atoms with van der Waals surface area (Å²) < 4.78 is 0. The van der Waals surface area contributed by atoms with Crippen LogP contribution in [0.4, 0.5) is 0 Å². The summed E-state index contributed by atoms with van der Waals surface area (Å²) in [6, 6.07) is 0. The molecule has 0 aromatic carbocycles. The van der Waals surface area contributed by atoms with Gasteiger partial charge in [0.1, 0.15) is 0 Å². The number of likely N-dealkylation sites (N-methyl/N-ethyl adjacent to an activating group) is 1. The van der Waals surface area contributed by atoms with E-state index in [9.17, 15) is 4.79 Å². The number of unbranched alkanes of at least 4 members (excludes halogenated alkanes) is 1. The number of hydrogen-bond acceptors (Lipinski definition) is 3. The van der Waals surface area contributed by atoms with Gasteiger partial charge in [0.05, 0.1) is 0 Å². The summed E-state index contributed by atoms with van der Waals surface area (Å²) in [5.74, 6) is 0.276. The van der Waals surface area contributed by atoms with Gasteiger partial charge in [-0.2, -0.15) is 0 Å². The minimum absolute atomic E-state index is 0.103. The van der Waals surface area contributed by atoms with E-state index in [0.29, 0.717) is 0 Å². The zero-order valence-electron chi connectivity index (χ0n) is 12.2. The van der Waals surface area contributed by atoms with Gasteiger partial charge in [-0.15, -0.1) is 0 Å². The molecular weight excluding hydrogens is 226 g/mol. The van der Waals surface area contributed by atoms with Gasteiger partial charge in [-0.05, 0) is 45.9 Å². The first kappa shape index (κ1) is 15.4. The minimum atomic E-state index is 0.103.